The molecule has 1 spiro atoms. The molecule has 1 saturated heterocycles. The van der Waals surface area contributed by atoms with E-state index in [2.05, 4.69) is 41.1 Å². The van der Waals surface area contributed by atoms with Crippen molar-refractivity contribution in [2.75, 3.05) is 18.0 Å². The van der Waals surface area contributed by atoms with Gasteiger partial charge in [-0.25, -0.2) is 0 Å². The Morgan fingerprint density at radius 2 is 2.00 bits per heavy atom. The average Bonchev–Trinajstić information content (AvgIpc) is 2.98. The highest BCUT2D eigenvalue weighted by atomic mass is 15.1. The van der Waals surface area contributed by atoms with E-state index in [-0.39, 0.29) is 0 Å². The third-order valence-corrected chi connectivity index (χ3v) is 6.20. The SMILES string of the molecule is CCC1CCC2(CCN(c3ccc4cnccc4c3)CC2)C1. The Hall–Kier alpha value is -1.57. The van der Waals surface area contributed by atoms with E-state index in [1.165, 1.54) is 68.1 Å². The zero-order valence-corrected chi connectivity index (χ0v) is 13.6. The summed E-state index contributed by atoms with van der Waals surface area (Å²) >= 11 is 0. The normalized spacial score (nSPS) is 24.2. The Bertz CT molecular complexity index is 656. The van der Waals surface area contributed by atoms with Gasteiger partial charge in [0, 0.05) is 36.6 Å². The van der Waals surface area contributed by atoms with Crippen LogP contribution in [0.5, 0.6) is 0 Å². The van der Waals surface area contributed by atoms with E-state index in [4.69, 9.17) is 0 Å². The van der Waals surface area contributed by atoms with Gasteiger partial charge in [0.2, 0.25) is 0 Å². The van der Waals surface area contributed by atoms with Crippen LogP contribution in [0.3, 0.4) is 0 Å². The van der Waals surface area contributed by atoms with Gasteiger partial charge >= 0.3 is 0 Å². The first kappa shape index (κ1) is 14.0. The molecule has 1 atom stereocenters. The lowest BCUT2D eigenvalue weighted by molar-refractivity contribution is 0.216. The monoisotopic (exact) mass is 294 g/mol. The zero-order valence-electron chi connectivity index (χ0n) is 13.6. The minimum Gasteiger partial charge on any atom is -0.371 e. The lowest BCUT2D eigenvalue weighted by Gasteiger charge is -2.41. The first-order valence-corrected chi connectivity index (χ1v) is 8.87. The number of nitrogens with zero attached hydrogens (tertiary/aromatic N) is 2. The Morgan fingerprint density at radius 1 is 1.14 bits per heavy atom. The summed E-state index contributed by atoms with van der Waals surface area (Å²) in [6.45, 7) is 4.82. The second-order valence-corrected chi connectivity index (χ2v) is 7.41. The molecule has 0 amide bonds. The van der Waals surface area contributed by atoms with Crippen LogP contribution in [0.25, 0.3) is 10.8 Å². The summed E-state index contributed by atoms with van der Waals surface area (Å²) in [6, 6.07) is 8.93. The molecule has 116 valence electrons. The van der Waals surface area contributed by atoms with Crippen molar-refractivity contribution >= 4 is 16.5 Å². The lowest BCUT2D eigenvalue weighted by Crippen LogP contribution is -2.39. The molecule has 22 heavy (non-hydrogen) atoms. The number of anilines is 1. The van der Waals surface area contributed by atoms with Crippen LogP contribution in [-0.2, 0) is 0 Å². The van der Waals surface area contributed by atoms with Crippen molar-refractivity contribution in [3.05, 3.63) is 36.7 Å². The highest BCUT2D eigenvalue weighted by molar-refractivity contribution is 5.85. The summed E-state index contributed by atoms with van der Waals surface area (Å²) < 4.78 is 0. The average molecular weight is 294 g/mol. The molecule has 2 heteroatoms. The minimum absolute atomic E-state index is 0.679. The maximum absolute atomic E-state index is 4.20. The summed E-state index contributed by atoms with van der Waals surface area (Å²) in [4.78, 5) is 6.79. The van der Waals surface area contributed by atoms with E-state index in [1.54, 1.807) is 0 Å². The predicted molar refractivity (Wildman–Crippen MR) is 93.3 cm³/mol. The second-order valence-electron chi connectivity index (χ2n) is 7.41. The molecule has 0 radical (unpaired) electrons. The Morgan fingerprint density at radius 3 is 2.77 bits per heavy atom. The number of aromatic nitrogens is 1. The van der Waals surface area contributed by atoms with Gasteiger partial charge in [-0.3, -0.25) is 4.98 Å². The van der Waals surface area contributed by atoms with Crippen LogP contribution in [-0.4, -0.2) is 18.1 Å². The molecular weight excluding hydrogens is 268 g/mol. The molecule has 1 saturated carbocycles. The van der Waals surface area contributed by atoms with E-state index in [9.17, 15) is 0 Å². The van der Waals surface area contributed by atoms with Crippen molar-refractivity contribution in [2.24, 2.45) is 11.3 Å². The zero-order chi connectivity index (χ0) is 15.0. The molecule has 2 nitrogen and oxygen atoms in total. The number of fused-ring (bicyclic) bond motifs is 1. The Balaban J connectivity index is 1.48. The molecule has 2 fully saturated rings. The molecule has 2 heterocycles. The van der Waals surface area contributed by atoms with Gasteiger partial charge in [-0.15, -0.1) is 0 Å². The van der Waals surface area contributed by atoms with E-state index >= 15 is 0 Å². The van der Waals surface area contributed by atoms with Crippen molar-refractivity contribution in [1.29, 1.82) is 0 Å². The Kier molecular flexibility index (Phi) is 3.56. The predicted octanol–water partition coefficient (Wildman–Crippen LogP) is 5.03. The Labute approximate surface area is 133 Å². The van der Waals surface area contributed by atoms with Crippen LogP contribution in [0.4, 0.5) is 5.69 Å². The lowest BCUT2D eigenvalue weighted by atomic mass is 9.76. The summed E-state index contributed by atoms with van der Waals surface area (Å²) in [6.07, 6.45) is 12.4. The molecule has 0 N–H and O–H groups in total. The summed E-state index contributed by atoms with van der Waals surface area (Å²) in [5.41, 5.74) is 2.07. The molecule has 4 rings (SSSR count). The molecule has 2 aromatic rings. The van der Waals surface area contributed by atoms with E-state index in [0.29, 0.717) is 5.41 Å². The number of hydrogen-bond donors (Lipinski definition) is 0. The van der Waals surface area contributed by atoms with Gasteiger partial charge in [0.05, 0.1) is 0 Å². The topological polar surface area (TPSA) is 16.1 Å². The fourth-order valence-corrected chi connectivity index (χ4v) is 4.64. The molecule has 2 aliphatic rings. The van der Waals surface area contributed by atoms with Crippen LogP contribution < -0.4 is 4.90 Å². The standard InChI is InChI=1S/C20H26N2/c1-2-16-5-7-20(14-16)8-11-22(12-9-20)19-4-3-18-15-21-10-6-17(18)13-19/h3-4,6,10,13,15-16H,2,5,7-9,11-12,14H2,1H3. The summed E-state index contributed by atoms with van der Waals surface area (Å²) in [5, 5.41) is 2.54. The van der Waals surface area contributed by atoms with Crippen molar-refractivity contribution in [2.45, 2.75) is 45.4 Å². The first-order chi connectivity index (χ1) is 10.8. The highest BCUT2D eigenvalue weighted by Gasteiger charge is 2.40. The molecule has 1 aromatic heterocycles. The van der Waals surface area contributed by atoms with E-state index < -0.39 is 0 Å². The van der Waals surface area contributed by atoms with Crippen LogP contribution in [0.1, 0.15) is 45.4 Å². The van der Waals surface area contributed by atoms with Crippen LogP contribution in [0.15, 0.2) is 36.7 Å². The minimum atomic E-state index is 0.679. The van der Waals surface area contributed by atoms with Gasteiger partial charge in [-0.1, -0.05) is 19.4 Å². The van der Waals surface area contributed by atoms with E-state index in [0.717, 1.165) is 5.92 Å². The van der Waals surface area contributed by atoms with E-state index in [1.807, 2.05) is 12.4 Å². The number of pyridine rings is 1. The number of rotatable bonds is 2. The summed E-state index contributed by atoms with van der Waals surface area (Å²) in [7, 11) is 0. The van der Waals surface area contributed by atoms with Gasteiger partial charge in [-0.2, -0.15) is 0 Å². The first-order valence-electron chi connectivity index (χ1n) is 8.87. The maximum Gasteiger partial charge on any atom is 0.0372 e. The third kappa shape index (κ3) is 2.49. The van der Waals surface area contributed by atoms with Crippen molar-refractivity contribution in [3.63, 3.8) is 0 Å². The quantitative estimate of drug-likeness (QED) is 0.772. The van der Waals surface area contributed by atoms with Gasteiger partial charge in [0.25, 0.3) is 0 Å². The fourth-order valence-electron chi connectivity index (χ4n) is 4.64. The number of benzene rings is 1. The smallest absolute Gasteiger partial charge is 0.0372 e. The van der Waals surface area contributed by atoms with Crippen molar-refractivity contribution in [3.8, 4) is 0 Å². The number of piperidine rings is 1. The number of hydrogen-bond acceptors (Lipinski definition) is 2. The molecule has 0 bridgehead atoms. The van der Waals surface area contributed by atoms with Gasteiger partial charge < -0.3 is 4.90 Å². The summed E-state index contributed by atoms with van der Waals surface area (Å²) in [5.74, 6) is 1.000. The van der Waals surface area contributed by atoms with Crippen LogP contribution in [0.2, 0.25) is 0 Å². The molecule has 1 aliphatic heterocycles. The van der Waals surface area contributed by atoms with Crippen LogP contribution in [0, 0.1) is 11.3 Å². The van der Waals surface area contributed by atoms with Crippen molar-refractivity contribution < 1.29 is 0 Å². The van der Waals surface area contributed by atoms with Crippen molar-refractivity contribution in [1.82, 2.24) is 4.98 Å². The maximum atomic E-state index is 4.20. The largest absolute Gasteiger partial charge is 0.371 e. The van der Waals surface area contributed by atoms with Gasteiger partial charge in [0.15, 0.2) is 0 Å². The molecule has 1 unspecified atom stereocenters. The molecular formula is C20H26N2. The molecule has 1 aliphatic carbocycles. The second kappa shape index (κ2) is 5.57. The fraction of sp³-hybridized carbons (Fsp3) is 0.550. The highest BCUT2D eigenvalue weighted by Crippen LogP contribution is 2.50. The molecule has 1 aromatic carbocycles. The third-order valence-electron chi connectivity index (χ3n) is 6.20. The van der Waals surface area contributed by atoms with Gasteiger partial charge in [0.1, 0.15) is 0 Å². The van der Waals surface area contributed by atoms with Crippen LogP contribution >= 0.6 is 0 Å². The van der Waals surface area contributed by atoms with Gasteiger partial charge in [-0.05, 0) is 67.0 Å².